The fourth-order valence-electron chi connectivity index (χ4n) is 2.90. The van der Waals surface area contributed by atoms with Crippen molar-refractivity contribution in [1.82, 2.24) is 10.3 Å². The molecular formula is C19H18Cl2N2O2. The number of carbonyl (C=O) groups is 1. The number of ether oxygens (including phenoxy) is 1. The average molecular weight is 377 g/mol. The maximum absolute atomic E-state index is 11.2. The molecule has 0 saturated carbocycles. The van der Waals surface area contributed by atoms with Crippen molar-refractivity contribution in [2.45, 2.75) is 13.3 Å². The number of amides is 1. The number of rotatable bonds is 5. The summed E-state index contributed by atoms with van der Waals surface area (Å²) in [6, 6.07) is 11.4. The van der Waals surface area contributed by atoms with Gasteiger partial charge in [0, 0.05) is 29.9 Å². The van der Waals surface area contributed by atoms with Gasteiger partial charge in [-0.2, -0.15) is 0 Å². The minimum absolute atomic E-state index is 0.0558. The van der Waals surface area contributed by atoms with E-state index in [2.05, 4.69) is 10.3 Å². The first-order valence-corrected chi connectivity index (χ1v) is 8.64. The fourth-order valence-corrected chi connectivity index (χ4v) is 3.30. The van der Waals surface area contributed by atoms with Gasteiger partial charge in [-0.15, -0.1) is 0 Å². The molecule has 1 amide bonds. The number of H-pyrrole nitrogens is 1. The number of methoxy groups -OCH3 is 1. The molecule has 25 heavy (non-hydrogen) atoms. The zero-order chi connectivity index (χ0) is 18.0. The van der Waals surface area contributed by atoms with Crippen molar-refractivity contribution in [2.24, 2.45) is 0 Å². The lowest BCUT2D eigenvalue weighted by molar-refractivity contribution is -0.118. The van der Waals surface area contributed by atoms with Gasteiger partial charge in [0.25, 0.3) is 0 Å². The molecule has 6 heteroatoms. The Morgan fingerprint density at radius 1 is 1.24 bits per heavy atom. The normalized spacial score (nSPS) is 10.9. The third kappa shape index (κ3) is 3.60. The predicted molar refractivity (Wildman–Crippen MR) is 103 cm³/mol. The highest BCUT2D eigenvalue weighted by atomic mass is 35.5. The Balaban J connectivity index is 2.15. The first-order chi connectivity index (χ1) is 12.0. The SMILES string of the molecule is COc1ccc2[nH]c(-c3cccc(Cl)c3Cl)c(CCNC(C)=O)c2c1. The van der Waals surface area contributed by atoms with Crippen LogP contribution < -0.4 is 10.1 Å². The topological polar surface area (TPSA) is 54.1 Å². The van der Waals surface area contributed by atoms with Crippen LogP contribution in [0.25, 0.3) is 22.2 Å². The van der Waals surface area contributed by atoms with Gasteiger partial charge in [0.2, 0.25) is 5.91 Å². The van der Waals surface area contributed by atoms with Crippen LogP contribution >= 0.6 is 23.2 Å². The number of hydrogen-bond donors (Lipinski definition) is 2. The quantitative estimate of drug-likeness (QED) is 0.669. The van der Waals surface area contributed by atoms with E-state index in [1.165, 1.54) is 6.92 Å². The number of halogens is 2. The molecule has 3 rings (SSSR count). The first-order valence-electron chi connectivity index (χ1n) is 7.88. The Morgan fingerprint density at radius 2 is 2.04 bits per heavy atom. The van der Waals surface area contributed by atoms with E-state index in [-0.39, 0.29) is 5.91 Å². The van der Waals surface area contributed by atoms with Gasteiger partial charge in [-0.3, -0.25) is 4.79 Å². The third-order valence-electron chi connectivity index (χ3n) is 4.08. The van der Waals surface area contributed by atoms with Crippen molar-refractivity contribution in [3.8, 4) is 17.0 Å². The number of fused-ring (bicyclic) bond motifs is 1. The molecule has 3 aromatic rings. The van der Waals surface area contributed by atoms with E-state index in [1.54, 1.807) is 13.2 Å². The summed E-state index contributed by atoms with van der Waals surface area (Å²) in [7, 11) is 1.64. The summed E-state index contributed by atoms with van der Waals surface area (Å²) in [6.07, 6.45) is 0.658. The van der Waals surface area contributed by atoms with E-state index in [9.17, 15) is 4.79 Å². The van der Waals surface area contributed by atoms with Crippen molar-refractivity contribution < 1.29 is 9.53 Å². The zero-order valence-corrected chi connectivity index (χ0v) is 15.5. The third-order valence-corrected chi connectivity index (χ3v) is 4.90. The number of carbonyl (C=O) groups excluding carboxylic acids is 1. The summed E-state index contributed by atoms with van der Waals surface area (Å²) in [5, 5.41) is 4.88. The molecule has 0 spiro atoms. The van der Waals surface area contributed by atoms with Gasteiger partial charge < -0.3 is 15.0 Å². The lowest BCUT2D eigenvalue weighted by Gasteiger charge is -2.09. The second-order valence-electron chi connectivity index (χ2n) is 5.72. The van der Waals surface area contributed by atoms with Crippen LogP contribution in [0.5, 0.6) is 5.75 Å². The number of benzene rings is 2. The van der Waals surface area contributed by atoms with Crippen LogP contribution in [-0.4, -0.2) is 24.5 Å². The second-order valence-corrected chi connectivity index (χ2v) is 6.51. The minimum atomic E-state index is -0.0558. The summed E-state index contributed by atoms with van der Waals surface area (Å²) in [4.78, 5) is 14.6. The molecule has 4 nitrogen and oxygen atoms in total. The molecule has 2 aromatic carbocycles. The van der Waals surface area contributed by atoms with E-state index < -0.39 is 0 Å². The minimum Gasteiger partial charge on any atom is -0.497 e. The largest absolute Gasteiger partial charge is 0.497 e. The van der Waals surface area contributed by atoms with Gasteiger partial charge >= 0.3 is 0 Å². The van der Waals surface area contributed by atoms with E-state index in [0.717, 1.165) is 33.5 Å². The smallest absolute Gasteiger partial charge is 0.216 e. The number of hydrogen-bond acceptors (Lipinski definition) is 2. The molecule has 130 valence electrons. The zero-order valence-electron chi connectivity index (χ0n) is 14.0. The van der Waals surface area contributed by atoms with Gasteiger partial charge in [-0.1, -0.05) is 35.3 Å². The summed E-state index contributed by atoms with van der Waals surface area (Å²) < 4.78 is 5.35. The standard InChI is InChI=1S/C19H18Cl2N2O2/c1-11(24)22-9-8-13-15-10-12(25-2)6-7-17(15)23-19(13)14-4-3-5-16(20)18(14)21/h3-7,10,23H,8-9H2,1-2H3,(H,22,24). The van der Waals surface area contributed by atoms with Crippen molar-refractivity contribution in [3.63, 3.8) is 0 Å². The molecule has 0 radical (unpaired) electrons. The van der Waals surface area contributed by atoms with Crippen LogP contribution in [0.15, 0.2) is 36.4 Å². The number of nitrogens with one attached hydrogen (secondary N) is 2. The summed E-state index contributed by atoms with van der Waals surface area (Å²) in [5.41, 5.74) is 3.78. The Labute approximate surface area is 156 Å². The fraction of sp³-hybridized carbons (Fsp3) is 0.211. The molecule has 1 aromatic heterocycles. The summed E-state index contributed by atoms with van der Waals surface area (Å²) in [5.74, 6) is 0.718. The van der Waals surface area contributed by atoms with Gasteiger partial charge in [0.05, 0.1) is 22.8 Å². The van der Waals surface area contributed by atoms with E-state index in [1.807, 2.05) is 30.3 Å². The maximum atomic E-state index is 11.2. The van der Waals surface area contributed by atoms with Gasteiger partial charge in [-0.05, 0) is 36.2 Å². The molecule has 0 aliphatic heterocycles. The molecule has 0 bridgehead atoms. The number of aromatic amines is 1. The van der Waals surface area contributed by atoms with Crippen LogP contribution in [0.3, 0.4) is 0 Å². The van der Waals surface area contributed by atoms with Gasteiger partial charge in [0.1, 0.15) is 5.75 Å². The lowest BCUT2D eigenvalue weighted by Crippen LogP contribution is -2.22. The molecule has 0 aliphatic carbocycles. The van der Waals surface area contributed by atoms with Crippen LogP contribution in [0.1, 0.15) is 12.5 Å². The van der Waals surface area contributed by atoms with Crippen molar-refractivity contribution in [3.05, 3.63) is 52.0 Å². The Kier molecular flexibility index (Phi) is 5.21. The Bertz CT molecular complexity index is 935. The lowest BCUT2D eigenvalue weighted by atomic mass is 10.0. The van der Waals surface area contributed by atoms with E-state index in [0.29, 0.717) is 23.0 Å². The van der Waals surface area contributed by atoms with Crippen LogP contribution in [0.4, 0.5) is 0 Å². The second kappa shape index (κ2) is 7.38. The van der Waals surface area contributed by atoms with E-state index >= 15 is 0 Å². The number of aromatic nitrogens is 1. The van der Waals surface area contributed by atoms with Crippen LogP contribution in [0, 0.1) is 0 Å². The highest BCUT2D eigenvalue weighted by molar-refractivity contribution is 6.43. The maximum Gasteiger partial charge on any atom is 0.216 e. The molecule has 0 fully saturated rings. The first kappa shape index (κ1) is 17.6. The molecule has 0 saturated heterocycles. The summed E-state index contributed by atoms with van der Waals surface area (Å²) in [6.45, 7) is 2.04. The molecule has 0 unspecified atom stereocenters. The van der Waals surface area contributed by atoms with Gasteiger partial charge in [0.15, 0.2) is 0 Å². The Hall–Kier alpha value is -2.17. The van der Waals surface area contributed by atoms with Gasteiger partial charge in [-0.25, -0.2) is 0 Å². The molecule has 0 atom stereocenters. The highest BCUT2D eigenvalue weighted by Gasteiger charge is 2.17. The van der Waals surface area contributed by atoms with Crippen LogP contribution in [0.2, 0.25) is 10.0 Å². The van der Waals surface area contributed by atoms with Crippen molar-refractivity contribution in [2.75, 3.05) is 13.7 Å². The molecular weight excluding hydrogens is 359 g/mol. The predicted octanol–water partition coefficient (Wildman–Crippen LogP) is 4.83. The van der Waals surface area contributed by atoms with Crippen molar-refractivity contribution >= 4 is 40.0 Å². The van der Waals surface area contributed by atoms with E-state index in [4.69, 9.17) is 27.9 Å². The van der Waals surface area contributed by atoms with Crippen molar-refractivity contribution in [1.29, 1.82) is 0 Å². The molecule has 1 heterocycles. The van der Waals surface area contributed by atoms with Crippen LogP contribution in [-0.2, 0) is 11.2 Å². The average Bonchev–Trinajstić information content (AvgIpc) is 2.94. The summed E-state index contributed by atoms with van der Waals surface area (Å²) >= 11 is 12.6. The Morgan fingerprint density at radius 3 is 2.76 bits per heavy atom. The molecule has 0 aliphatic rings. The highest BCUT2D eigenvalue weighted by Crippen LogP contribution is 2.38. The molecule has 2 N–H and O–H groups in total. The monoisotopic (exact) mass is 376 g/mol.